The van der Waals surface area contributed by atoms with Crippen molar-refractivity contribution in [1.29, 1.82) is 0 Å². The summed E-state index contributed by atoms with van der Waals surface area (Å²) in [6, 6.07) is 12.3. The summed E-state index contributed by atoms with van der Waals surface area (Å²) in [6.07, 6.45) is 3.91. The molecule has 1 aromatic heterocycles. The van der Waals surface area contributed by atoms with Gasteiger partial charge in [-0.05, 0) is 74.5 Å². The van der Waals surface area contributed by atoms with Gasteiger partial charge in [-0.15, -0.1) is 11.3 Å². The molecule has 1 aromatic carbocycles. The minimum atomic E-state index is -0.140. The van der Waals surface area contributed by atoms with Crippen LogP contribution in [0.3, 0.4) is 0 Å². The second-order valence-corrected chi connectivity index (χ2v) is 9.34. The number of amides is 1. The van der Waals surface area contributed by atoms with E-state index in [4.69, 9.17) is 10.5 Å². The number of ether oxygens (including phenoxy) is 1. The van der Waals surface area contributed by atoms with Gasteiger partial charge in [0.1, 0.15) is 5.75 Å². The topological polar surface area (TPSA) is 58.8 Å². The summed E-state index contributed by atoms with van der Waals surface area (Å²) in [4.78, 5) is 19.0. The molecule has 2 N–H and O–H groups in total. The zero-order chi connectivity index (χ0) is 20.3. The Balaban J connectivity index is 1.27. The molecule has 1 spiro atoms. The van der Waals surface area contributed by atoms with Crippen LogP contribution in [-0.4, -0.2) is 49.0 Å². The van der Waals surface area contributed by atoms with E-state index < -0.39 is 0 Å². The first-order chi connectivity index (χ1) is 14.1. The van der Waals surface area contributed by atoms with Gasteiger partial charge in [0.15, 0.2) is 0 Å². The van der Waals surface area contributed by atoms with E-state index in [0.717, 1.165) is 63.2 Å². The van der Waals surface area contributed by atoms with Crippen molar-refractivity contribution in [2.45, 2.75) is 38.3 Å². The normalized spacial score (nSPS) is 20.3. The van der Waals surface area contributed by atoms with E-state index in [-0.39, 0.29) is 11.5 Å². The Labute approximate surface area is 177 Å². The van der Waals surface area contributed by atoms with Gasteiger partial charge in [-0.1, -0.05) is 18.2 Å². The summed E-state index contributed by atoms with van der Waals surface area (Å²) < 4.78 is 5.22. The predicted molar refractivity (Wildman–Crippen MR) is 117 cm³/mol. The summed E-state index contributed by atoms with van der Waals surface area (Å²) in [5, 5.41) is 2.09. The van der Waals surface area contributed by atoms with Gasteiger partial charge in [-0.25, -0.2) is 0 Å². The summed E-state index contributed by atoms with van der Waals surface area (Å²) in [5.41, 5.74) is 7.34. The fourth-order valence-electron chi connectivity index (χ4n) is 4.63. The van der Waals surface area contributed by atoms with Gasteiger partial charge in [0.05, 0.1) is 12.5 Å². The smallest absolute Gasteiger partial charge is 0.229 e. The average molecular weight is 414 g/mol. The van der Waals surface area contributed by atoms with Gasteiger partial charge in [0, 0.05) is 24.0 Å². The SMILES string of the molecule is COc1ccc(CN2CCC3(CCN(CCC(N)c4cccs4)CC3)C2=O)cc1. The van der Waals surface area contributed by atoms with E-state index in [1.54, 1.807) is 18.4 Å². The van der Waals surface area contributed by atoms with E-state index in [2.05, 4.69) is 34.5 Å². The van der Waals surface area contributed by atoms with Gasteiger partial charge >= 0.3 is 0 Å². The number of likely N-dealkylation sites (tertiary alicyclic amines) is 2. The first kappa shape index (κ1) is 20.4. The molecular formula is C23H31N3O2S. The number of nitrogens with two attached hydrogens (primary N) is 1. The third-order valence-corrected chi connectivity index (χ3v) is 7.62. The lowest BCUT2D eigenvalue weighted by atomic mass is 9.77. The van der Waals surface area contributed by atoms with Crippen molar-refractivity contribution < 1.29 is 9.53 Å². The molecule has 2 aromatic rings. The summed E-state index contributed by atoms with van der Waals surface area (Å²) in [6.45, 7) is 4.58. The maximum absolute atomic E-state index is 13.2. The number of benzene rings is 1. The average Bonchev–Trinajstić information content (AvgIpc) is 3.39. The summed E-state index contributed by atoms with van der Waals surface area (Å²) >= 11 is 1.74. The molecule has 3 heterocycles. The minimum absolute atomic E-state index is 0.124. The number of hydrogen-bond acceptors (Lipinski definition) is 5. The second-order valence-electron chi connectivity index (χ2n) is 8.36. The highest BCUT2D eigenvalue weighted by Gasteiger charge is 2.47. The molecule has 2 fully saturated rings. The van der Waals surface area contributed by atoms with Crippen LogP contribution in [0.25, 0.3) is 0 Å². The lowest BCUT2D eigenvalue weighted by Crippen LogP contribution is -2.45. The lowest BCUT2D eigenvalue weighted by molar-refractivity contribution is -0.138. The monoisotopic (exact) mass is 413 g/mol. The Kier molecular flexibility index (Phi) is 6.23. The zero-order valence-electron chi connectivity index (χ0n) is 17.2. The van der Waals surface area contributed by atoms with Crippen LogP contribution < -0.4 is 10.5 Å². The number of piperidine rings is 1. The number of nitrogens with zero attached hydrogens (tertiary/aromatic N) is 2. The first-order valence-corrected chi connectivity index (χ1v) is 11.4. The molecule has 1 amide bonds. The van der Waals surface area contributed by atoms with Gasteiger partial charge in [0.25, 0.3) is 0 Å². The van der Waals surface area contributed by atoms with Crippen LogP contribution in [0.15, 0.2) is 41.8 Å². The molecule has 156 valence electrons. The standard InChI is InChI=1S/C23H31N3O2S/c1-28-19-6-4-18(5-7-19)17-26-15-11-23(22(26)27)9-13-25(14-10-23)12-8-20(24)21-3-2-16-29-21/h2-7,16,20H,8-15,17,24H2,1H3. The maximum atomic E-state index is 13.2. The van der Waals surface area contributed by atoms with E-state index in [0.29, 0.717) is 12.5 Å². The highest BCUT2D eigenvalue weighted by Crippen LogP contribution is 2.42. The Morgan fingerprint density at radius 1 is 1.14 bits per heavy atom. The number of hydrogen-bond donors (Lipinski definition) is 1. The molecule has 0 saturated carbocycles. The summed E-state index contributed by atoms with van der Waals surface area (Å²) in [7, 11) is 1.67. The lowest BCUT2D eigenvalue weighted by Gasteiger charge is -2.38. The molecule has 4 rings (SSSR count). The van der Waals surface area contributed by atoms with Crippen LogP contribution in [0.5, 0.6) is 5.75 Å². The molecule has 2 aliphatic heterocycles. The predicted octanol–water partition coefficient (Wildman–Crippen LogP) is 3.66. The van der Waals surface area contributed by atoms with Crippen molar-refractivity contribution in [2.75, 3.05) is 33.3 Å². The fourth-order valence-corrected chi connectivity index (χ4v) is 5.39. The van der Waals surface area contributed by atoms with Crippen LogP contribution in [0.1, 0.15) is 42.2 Å². The highest BCUT2D eigenvalue weighted by molar-refractivity contribution is 7.10. The summed E-state index contributed by atoms with van der Waals surface area (Å²) in [5.74, 6) is 1.20. The van der Waals surface area contributed by atoms with Gasteiger partial charge in [-0.3, -0.25) is 4.79 Å². The number of thiophene rings is 1. The molecule has 1 unspecified atom stereocenters. The first-order valence-electron chi connectivity index (χ1n) is 10.5. The quantitative estimate of drug-likeness (QED) is 0.753. The van der Waals surface area contributed by atoms with Crippen LogP contribution >= 0.6 is 11.3 Å². The van der Waals surface area contributed by atoms with Crippen LogP contribution in [0.2, 0.25) is 0 Å². The number of carbonyl (C=O) groups excluding carboxylic acids is 1. The highest BCUT2D eigenvalue weighted by atomic mass is 32.1. The molecular weight excluding hydrogens is 382 g/mol. The largest absolute Gasteiger partial charge is 0.497 e. The molecule has 1 atom stereocenters. The fraction of sp³-hybridized carbons (Fsp3) is 0.522. The van der Waals surface area contributed by atoms with Gasteiger partial charge < -0.3 is 20.3 Å². The van der Waals surface area contributed by atoms with Crippen molar-refractivity contribution in [2.24, 2.45) is 11.1 Å². The number of rotatable bonds is 7. The van der Waals surface area contributed by atoms with Crippen molar-refractivity contribution >= 4 is 17.2 Å². The number of methoxy groups -OCH3 is 1. The third-order valence-electron chi connectivity index (χ3n) is 6.61. The van der Waals surface area contributed by atoms with Crippen molar-refractivity contribution in [1.82, 2.24) is 9.80 Å². The maximum Gasteiger partial charge on any atom is 0.229 e. The zero-order valence-corrected chi connectivity index (χ0v) is 18.0. The number of carbonyl (C=O) groups is 1. The van der Waals surface area contributed by atoms with Crippen LogP contribution in [0.4, 0.5) is 0 Å². The van der Waals surface area contributed by atoms with E-state index in [1.807, 2.05) is 17.0 Å². The third kappa shape index (κ3) is 4.49. The molecule has 2 aliphatic rings. The van der Waals surface area contributed by atoms with Crippen LogP contribution in [0, 0.1) is 5.41 Å². The van der Waals surface area contributed by atoms with E-state index >= 15 is 0 Å². The van der Waals surface area contributed by atoms with Crippen molar-refractivity contribution in [3.8, 4) is 5.75 Å². The van der Waals surface area contributed by atoms with E-state index in [1.165, 1.54) is 4.88 Å². The van der Waals surface area contributed by atoms with Crippen molar-refractivity contribution in [3.05, 3.63) is 52.2 Å². The molecule has 0 bridgehead atoms. The van der Waals surface area contributed by atoms with E-state index in [9.17, 15) is 4.79 Å². The van der Waals surface area contributed by atoms with Crippen LogP contribution in [-0.2, 0) is 11.3 Å². The molecule has 2 saturated heterocycles. The Morgan fingerprint density at radius 2 is 1.86 bits per heavy atom. The minimum Gasteiger partial charge on any atom is -0.497 e. The molecule has 0 aliphatic carbocycles. The van der Waals surface area contributed by atoms with Gasteiger partial charge in [-0.2, -0.15) is 0 Å². The molecule has 29 heavy (non-hydrogen) atoms. The Morgan fingerprint density at radius 3 is 2.52 bits per heavy atom. The molecule has 6 heteroatoms. The second kappa shape index (κ2) is 8.86. The Bertz CT molecular complexity index is 798. The molecule has 5 nitrogen and oxygen atoms in total. The molecule has 0 radical (unpaired) electrons. The Hall–Kier alpha value is -1.89. The van der Waals surface area contributed by atoms with Crippen molar-refractivity contribution in [3.63, 3.8) is 0 Å². The van der Waals surface area contributed by atoms with Gasteiger partial charge in [0.2, 0.25) is 5.91 Å².